The monoisotopic (exact) mass is 276 g/mol. The summed E-state index contributed by atoms with van der Waals surface area (Å²) in [6.45, 7) is 4.14. The van der Waals surface area contributed by atoms with Crippen LogP contribution in [0.5, 0.6) is 5.75 Å². The van der Waals surface area contributed by atoms with Crippen molar-refractivity contribution in [2.75, 3.05) is 13.7 Å². The van der Waals surface area contributed by atoms with Crippen molar-refractivity contribution < 1.29 is 14.3 Å². The number of benzene rings is 1. The molecular weight excluding hydrogens is 256 g/mol. The Kier molecular flexibility index (Phi) is 4.27. The van der Waals surface area contributed by atoms with Crippen molar-refractivity contribution in [3.63, 3.8) is 0 Å². The molecule has 5 heteroatoms. The average molecular weight is 276 g/mol. The van der Waals surface area contributed by atoms with Crippen LogP contribution in [0.3, 0.4) is 0 Å². The van der Waals surface area contributed by atoms with Gasteiger partial charge in [0, 0.05) is 13.0 Å². The molecule has 1 aromatic rings. The molecule has 1 aliphatic rings. The maximum absolute atomic E-state index is 12.3. The highest BCUT2D eigenvalue weighted by Crippen LogP contribution is 2.24. The normalized spacial score (nSPS) is 21.1. The molecular formula is C15H20N2O3. The first-order valence-corrected chi connectivity index (χ1v) is 6.76. The van der Waals surface area contributed by atoms with Gasteiger partial charge in [0.1, 0.15) is 11.8 Å². The second-order valence-electron chi connectivity index (χ2n) is 5.02. The first-order chi connectivity index (χ1) is 9.52. The van der Waals surface area contributed by atoms with Crippen LogP contribution in [0.25, 0.3) is 0 Å². The molecule has 0 aliphatic carbocycles. The molecule has 2 amide bonds. The van der Waals surface area contributed by atoms with Crippen LogP contribution in [0.2, 0.25) is 0 Å². The van der Waals surface area contributed by atoms with E-state index in [-0.39, 0.29) is 17.9 Å². The van der Waals surface area contributed by atoms with Gasteiger partial charge in [0.2, 0.25) is 11.8 Å². The van der Waals surface area contributed by atoms with Crippen molar-refractivity contribution in [1.29, 1.82) is 0 Å². The van der Waals surface area contributed by atoms with Gasteiger partial charge in [-0.1, -0.05) is 12.1 Å². The van der Waals surface area contributed by atoms with Crippen LogP contribution in [0.1, 0.15) is 31.9 Å². The number of nitrogens with zero attached hydrogens (tertiary/aromatic N) is 1. The number of carbonyl (C=O) groups excluding carboxylic acids is 2. The van der Waals surface area contributed by atoms with Gasteiger partial charge < -0.3 is 15.0 Å². The zero-order chi connectivity index (χ0) is 14.7. The lowest BCUT2D eigenvalue weighted by molar-refractivity contribution is -0.134. The third-order valence-corrected chi connectivity index (χ3v) is 3.68. The number of ether oxygens (including phenoxy) is 1. The summed E-state index contributed by atoms with van der Waals surface area (Å²) in [5, 5.41) is 2.70. The van der Waals surface area contributed by atoms with Crippen LogP contribution in [-0.4, -0.2) is 36.4 Å². The minimum atomic E-state index is -0.467. The fourth-order valence-corrected chi connectivity index (χ4v) is 2.40. The van der Waals surface area contributed by atoms with Gasteiger partial charge >= 0.3 is 0 Å². The largest absolute Gasteiger partial charge is 0.497 e. The van der Waals surface area contributed by atoms with Crippen molar-refractivity contribution in [3.8, 4) is 5.75 Å². The van der Waals surface area contributed by atoms with E-state index >= 15 is 0 Å². The molecule has 20 heavy (non-hydrogen) atoms. The quantitative estimate of drug-likeness (QED) is 0.910. The fourth-order valence-electron chi connectivity index (χ4n) is 2.40. The molecule has 1 aliphatic heterocycles. The Bertz CT molecular complexity index is 498. The summed E-state index contributed by atoms with van der Waals surface area (Å²) in [5.74, 6) is 0.669. The molecule has 1 N–H and O–H groups in total. The zero-order valence-corrected chi connectivity index (χ0v) is 12.1. The van der Waals surface area contributed by atoms with Crippen LogP contribution in [0.15, 0.2) is 24.3 Å². The van der Waals surface area contributed by atoms with Crippen LogP contribution in [0, 0.1) is 0 Å². The first-order valence-electron chi connectivity index (χ1n) is 6.76. The summed E-state index contributed by atoms with van der Waals surface area (Å²) in [6, 6.07) is 7.11. The van der Waals surface area contributed by atoms with E-state index in [0.29, 0.717) is 13.0 Å². The summed E-state index contributed by atoms with van der Waals surface area (Å²) in [7, 11) is 1.62. The third-order valence-electron chi connectivity index (χ3n) is 3.68. The molecule has 2 atom stereocenters. The Morgan fingerprint density at radius 3 is 2.55 bits per heavy atom. The minimum absolute atomic E-state index is 0.0424. The van der Waals surface area contributed by atoms with Gasteiger partial charge in [-0.15, -0.1) is 0 Å². The lowest BCUT2D eigenvalue weighted by atomic mass is 10.1. The number of nitrogens with one attached hydrogen (secondary N) is 1. The van der Waals surface area contributed by atoms with Gasteiger partial charge in [-0.2, -0.15) is 0 Å². The maximum atomic E-state index is 12.3. The molecule has 1 saturated heterocycles. The van der Waals surface area contributed by atoms with E-state index in [1.165, 1.54) is 0 Å². The summed E-state index contributed by atoms with van der Waals surface area (Å²) in [6.07, 6.45) is 0.344. The van der Waals surface area contributed by atoms with Crippen LogP contribution in [0.4, 0.5) is 0 Å². The SMILES string of the molecule is COc1ccc(C(C)N2CCC(=O)NC(C)C2=O)cc1. The van der Waals surface area contributed by atoms with E-state index in [4.69, 9.17) is 4.74 Å². The predicted molar refractivity (Wildman–Crippen MR) is 75.3 cm³/mol. The average Bonchev–Trinajstić information content (AvgIpc) is 2.58. The molecule has 0 bridgehead atoms. The Morgan fingerprint density at radius 1 is 1.30 bits per heavy atom. The summed E-state index contributed by atoms with van der Waals surface area (Å²) >= 11 is 0. The van der Waals surface area contributed by atoms with Gasteiger partial charge in [-0.05, 0) is 31.5 Å². The number of methoxy groups -OCH3 is 1. The fraction of sp³-hybridized carbons (Fsp3) is 0.467. The van der Waals surface area contributed by atoms with Crippen molar-refractivity contribution in [2.45, 2.75) is 32.4 Å². The van der Waals surface area contributed by atoms with E-state index in [9.17, 15) is 9.59 Å². The molecule has 0 saturated carbocycles. The van der Waals surface area contributed by atoms with Crippen molar-refractivity contribution in [1.82, 2.24) is 10.2 Å². The minimum Gasteiger partial charge on any atom is -0.497 e. The van der Waals surface area contributed by atoms with Crippen molar-refractivity contribution >= 4 is 11.8 Å². The number of hydrogen-bond acceptors (Lipinski definition) is 3. The maximum Gasteiger partial charge on any atom is 0.245 e. The van der Waals surface area contributed by atoms with Gasteiger partial charge in [-0.3, -0.25) is 9.59 Å². The molecule has 2 unspecified atom stereocenters. The zero-order valence-electron chi connectivity index (χ0n) is 12.1. The van der Waals surface area contributed by atoms with Crippen LogP contribution < -0.4 is 10.1 Å². The van der Waals surface area contributed by atoms with E-state index in [2.05, 4.69) is 5.32 Å². The Labute approximate surface area is 118 Å². The van der Waals surface area contributed by atoms with E-state index in [1.807, 2.05) is 31.2 Å². The second kappa shape index (κ2) is 5.94. The molecule has 1 fully saturated rings. The van der Waals surface area contributed by atoms with Gasteiger partial charge in [-0.25, -0.2) is 0 Å². The Balaban J connectivity index is 2.19. The van der Waals surface area contributed by atoms with E-state index < -0.39 is 6.04 Å². The Morgan fingerprint density at radius 2 is 1.95 bits per heavy atom. The van der Waals surface area contributed by atoms with Gasteiger partial charge in [0.25, 0.3) is 0 Å². The molecule has 5 nitrogen and oxygen atoms in total. The van der Waals surface area contributed by atoms with Crippen LogP contribution >= 0.6 is 0 Å². The molecule has 2 rings (SSSR count). The number of hydrogen-bond donors (Lipinski definition) is 1. The standard InChI is InChI=1S/C15H20N2O3/c1-10-15(19)17(9-8-14(18)16-10)11(2)12-4-6-13(20-3)7-5-12/h4-7,10-11H,8-9H2,1-3H3,(H,16,18). The lowest BCUT2D eigenvalue weighted by Gasteiger charge is -2.29. The highest BCUT2D eigenvalue weighted by atomic mass is 16.5. The highest BCUT2D eigenvalue weighted by molar-refractivity contribution is 5.89. The number of carbonyl (C=O) groups is 2. The van der Waals surface area contributed by atoms with Gasteiger partial charge in [0.05, 0.1) is 13.2 Å². The molecule has 1 aromatic carbocycles. The Hall–Kier alpha value is -2.04. The second-order valence-corrected chi connectivity index (χ2v) is 5.02. The summed E-state index contributed by atoms with van der Waals surface area (Å²) in [4.78, 5) is 25.6. The third kappa shape index (κ3) is 2.92. The van der Waals surface area contributed by atoms with E-state index in [1.54, 1.807) is 18.9 Å². The summed E-state index contributed by atoms with van der Waals surface area (Å²) < 4.78 is 5.13. The molecule has 1 heterocycles. The number of rotatable bonds is 3. The molecule has 108 valence electrons. The number of amides is 2. The topological polar surface area (TPSA) is 58.6 Å². The van der Waals surface area contributed by atoms with Gasteiger partial charge in [0.15, 0.2) is 0 Å². The molecule has 0 spiro atoms. The first kappa shape index (κ1) is 14.4. The highest BCUT2D eigenvalue weighted by Gasteiger charge is 2.30. The van der Waals surface area contributed by atoms with Crippen molar-refractivity contribution in [3.05, 3.63) is 29.8 Å². The van der Waals surface area contributed by atoms with Crippen LogP contribution in [-0.2, 0) is 9.59 Å². The predicted octanol–water partition coefficient (Wildman–Crippen LogP) is 1.49. The lowest BCUT2D eigenvalue weighted by Crippen LogP contribution is -2.43. The molecule has 0 aromatic heterocycles. The van der Waals surface area contributed by atoms with Crippen molar-refractivity contribution in [2.24, 2.45) is 0 Å². The summed E-state index contributed by atoms with van der Waals surface area (Å²) in [5.41, 5.74) is 1.03. The molecule has 0 radical (unpaired) electrons. The van der Waals surface area contributed by atoms with E-state index in [0.717, 1.165) is 11.3 Å². The smallest absolute Gasteiger partial charge is 0.245 e.